The highest BCUT2D eigenvalue weighted by molar-refractivity contribution is 5.98. The lowest BCUT2D eigenvalue weighted by molar-refractivity contribution is -0.136. The molecule has 47 heavy (non-hydrogen) atoms. The minimum Gasteiger partial charge on any atom is -0.457 e. The van der Waals surface area contributed by atoms with Crippen LogP contribution in [-0.4, -0.2) is 58.7 Å². The lowest BCUT2D eigenvalue weighted by atomic mass is 10.1. The van der Waals surface area contributed by atoms with Gasteiger partial charge in [0.2, 0.25) is 5.91 Å². The molecule has 1 saturated heterocycles. The number of fused-ring (bicyclic) bond motifs is 1. The predicted octanol–water partition coefficient (Wildman–Crippen LogP) is 6.92. The van der Waals surface area contributed by atoms with Gasteiger partial charge in [-0.15, -0.1) is 0 Å². The third-order valence-corrected chi connectivity index (χ3v) is 8.14. The van der Waals surface area contributed by atoms with Crippen LogP contribution in [0.15, 0.2) is 120 Å². The average Bonchev–Trinajstić information content (AvgIpc) is 3.38. The van der Waals surface area contributed by atoms with Crippen molar-refractivity contribution in [1.29, 1.82) is 0 Å². The van der Waals surface area contributed by atoms with E-state index in [2.05, 4.69) is 22.2 Å². The first-order valence-corrected chi connectivity index (χ1v) is 15.9. The number of rotatable bonds is 10. The molecule has 1 aliphatic rings. The number of carbonyl (C=O) groups is 1. The van der Waals surface area contributed by atoms with Crippen LogP contribution in [0.1, 0.15) is 23.4 Å². The molecule has 1 fully saturated rings. The maximum absolute atomic E-state index is 13.1. The van der Waals surface area contributed by atoms with Crippen molar-refractivity contribution in [3.63, 3.8) is 0 Å². The first-order valence-electron chi connectivity index (χ1n) is 15.9. The Hall–Kier alpha value is -5.54. The van der Waals surface area contributed by atoms with Crippen LogP contribution in [0.25, 0.3) is 22.4 Å². The molecule has 9 nitrogen and oxygen atoms in total. The second-order valence-corrected chi connectivity index (χ2v) is 11.5. The molecule has 0 unspecified atom stereocenters. The van der Waals surface area contributed by atoms with E-state index in [1.54, 1.807) is 0 Å². The van der Waals surface area contributed by atoms with Crippen LogP contribution in [0.4, 0.5) is 5.82 Å². The number of aromatic nitrogens is 3. The van der Waals surface area contributed by atoms with Crippen molar-refractivity contribution in [2.75, 3.05) is 37.7 Å². The maximum Gasteiger partial charge on any atom is 0.263 e. The Morgan fingerprint density at radius 2 is 1.47 bits per heavy atom. The molecular formula is C38H35N5O4. The Bertz CT molecular complexity index is 1930. The van der Waals surface area contributed by atoms with E-state index in [4.69, 9.17) is 24.0 Å². The zero-order valence-electron chi connectivity index (χ0n) is 26.0. The average molecular weight is 626 g/mol. The van der Waals surface area contributed by atoms with Gasteiger partial charge in [-0.05, 0) is 41.8 Å². The van der Waals surface area contributed by atoms with Crippen LogP contribution in [-0.2, 0) is 22.6 Å². The summed E-state index contributed by atoms with van der Waals surface area (Å²) in [4.78, 5) is 27.2. The predicted molar refractivity (Wildman–Crippen MR) is 180 cm³/mol. The highest BCUT2D eigenvalue weighted by Gasteiger charge is 2.26. The van der Waals surface area contributed by atoms with Crippen LogP contribution in [0, 0.1) is 0 Å². The molecule has 9 heteroatoms. The lowest BCUT2D eigenvalue weighted by Crippen LogP contribution is -2.37. The van der Waals surface area contributed by atoms with Crippen molar-refractivity contribution in [3.8, 4) is 22.8 Å². The third-order valence-electron chi connectivity index (χ3n) is 8.14. The SMILES string of the molecule is O=C(COCc1ccccc1)N1CCCN(c2nc(Cc3ccccc3)nc3onc(-c4cccc(Oc5ccccc5)c4)c23)CC1. The summed E-state index contributed by atoms with van der Waals surface area (Å²) in [6.07, 6.45) is 1.34. The molecule has 0 atom stereocenters. The van der Waals surface area contributed by atoms with Gasteiger partial charge in [-0.2, -0.15) is 4.98 Å². The molecule has 7 rings (SSSR count). The van der Waals surface area contributed by atoms with Crippen LogP contribution in [0.3, 0.4) is 0 Å². The number of carbonyl (C=O) groups excluding carboxylic acids is 1. The fourth-order valence-corrected chi connectivity index (χ4v) is 5.79. The number of ether oxygens (including phenoxy) is 2. The Kier molecular flexibility index (Phi) is 9.14. The van der Waals surface area contributed by atoms with Gasteiger partial charge in [0.25, 0.3) is 5.71 Å². The van der Waals surface area contributed by atoms with Gasteiger partial charge in [0.05, 0.1) is 6.61 Å². The van der Waals surface area contributed by atoms with Crippen LogP contribution in [0.5, 0.6) is 11.5 Å². The van der Waals surface area contributed by atoms with Gasteiger partial charge in [-0.3, -0.25) is 4.79 Å². The summed E-state index contributed by atoms with van der Waals surface area (Å²) in [6.45, 7) is 2.96. The van der Waals surface area contributed by atoms with E-state index in [9.17, 15) is 4.79 Å². The quantitative estimate of drug-likeness (QED) is 0.162. The molecule has 0 saturated carbocycles. The fraction of sp³-hybridized carbons (Fsp3) is 0.211. The van der Waals surface area contributed by atoms with Gasteiger partial charge in [0.15, 0.2) is 0 Å². The van der Waals surface area contributed by atoms with Crippen molar-refractivity contribution in [2.45, 2.75) is 19.4 Å². The van der Waals surface area contributed by atoms with Crippen molar-refractivity contribution >= 4 is 22.8 Å². The number of hydrogen-bond donors (Lipinski definition) is 0. The normalized spacial score (nSPS) is 13.4. The molecule has 0 N–H and O–H groups in total. The van der Waals surface area contributed by atoms with Gasteiger partial charge in [-0.1, -0.05) is 96.2 Å². The molecule has 0 radical (unpaired) electrons. The highest BCUT2D eigenvalue weighted by atomic mass is 16.5. The Balaban J connectivity index is 1.16. The zero-order valence-corrected chi connectivity index (χ0v) is 26.0. The monoisotopic (exact) mass is 625 g/mol. The first kappa shape index (κ1) is 30.1. The van der Waals surface area contributed by atoms with E-state index in [1.165, 1.54) is 0 Å². The summed E-state index contributed by atoms with van der Waals surface area (Å²) >= 11 is 0. The lowest BCUT2D eigenvalue weighted by Gasteiger charge is -2.24. The van der Waals surface area contributed by atoms with Gasteiger partial charge in [-0.25, -0.2) is 4.98 Å². The van der Waals surface area contributed by atoms with Gasteiger partial charge < -0.3 is 23.8 Å². The smallest absolute Gasteiger partial charge is 0.263 e. The number of nitrogens with zero attached hydrogens (tertiary/aromatic N) is 5. The molecule has 6 aromatic rings. The van der Waals surface area contributed by atoms with E-state index >= 15 is 0 Å². The fourth-order valence-electron chi connectivity index (χ4n) is 5.79. The molecule has 0 aliphatic carbocycles. The second-order valence-electron chi connectivity index (χ2n) is 11.5. The molecule has 3 heterocycles. The van der Waals surface area contributed by atoms with Crippen molar-refractivity contribution < 1.29 is 18.8 Å². The Labute approximate surface area is 273 Å². The third kappa shape index (κ3) is 7.31. The topological polar surface area (TPSA) is 93.8 Å². The number of anilines is 1. The van der Waals surface area contributed by atoms with E-state index < -0.39 is 0 Å². The second kappa shape index (κ2) is 14.3. The minimum absolute atomic E-state index is 0.0127. The molecule has 1 amide bonds. The van der Waals surface area contributed by atoms with E-state index in [0.717, 1.165) is 40.1 Å². The summed E-state index contributed by atoms with van der Waals surface area (Å²) in [7, 11) is 0. The summed E-state index contributed by atoms with van der Waals surface area (Å²) in [5.41, 5.74) is 4.05. The van der Waals surface area contributed by atoms with Gasteiger partial charge in [0.1, 0.15) is 40.8 Å². The number of hydrogen-bond acceptors (Lipinski definition) is 8. The summed E-state index contributed by atoms with van der Waals surface area (Å²) in [5.74, 6) is 2.82. The minimum atomic E-state index is -0.0127. The van der Waals surface area contributed by atoms with E-state index in [-0.39, 0.29) is 12.5 Å². The van der Waals surface area contributed by atoms with Crippen LogP contribution < -0.4 is 9.64 Å². The number of amides is 1. The first-order chi connectivity index (χ1) is 23.2. The largest absolute Gasteiger partial charge is 0.457 e. The molecular weight excluding hydrogens is 590 g/mol. The van der Waals surface area contributed by atoms with Crippen molar-refractivity contribution in [3.05, 3.63) is 132 Å². The Morgan fingerprint density at radius 1 is 0.745 bits per heavy atom. The standard InChI is InChI=1S/C38H35N5O4/c44-34(27-45-26-29-14-6-2-7-15-29)42-20-11-21-43(23-22-42)37-35-36(30-16-10-19-32(25-30)46-31-17-8-3-9-18-31)41-47-38(35)40-33(39-37)24-28-12-4-1-5-13-28/h1-10,12-19,25H,11,20-24,26-27H2. The number of benzene rings is 4. The molecule has 236 valence electrons. The summed E-state index contributed by atoms with van der Waals surface area (Å²) in [6, 6.07) is 37.5. The van der Waals surface area contributed by atoms with Gasteiger partial charge in [0, 0.05) is 38.2 Å². The van der Waals surface area contributed by atoms with Gasteiger partial charge >= 0.3 is 0 Å². The zero-order chi connectivity index (χ0) is 31.8. The van der Waals surface area contributed by atoms with E-state index in [0.29, 0.717) is 62.2 Å². The maximum atomic E-state index is 13.1. The molecule has 0 spiro atoms. The van der Waals surface area contributed by atoms with Crippen LogP contribution in [0.2, 0.25) is 0 Å². The summed E-state index contributed by atoms with van der Waals surface area (Å²) in [5, 5.41) is 5.24. The molecule has 0 bridgehead atoms. The van der Waals surface area contributed by atoms with Crippen molar-refractivity contribution in [1.82, 2.24) is 20.0 Å². The van der Waals surface area contributed by atoms with E-state index in [1.807, 2.05) is 108 Å². The molecule has 1 aliphatic heterocycles. The number of para-hydroxylation sites is 1. The van der Waals surface area contributed by atoms with Crippen molar-refractivity contribution in [2.24, 2.45) is 0 Å². The molecule has 4 aromatic carbocycles. The Morgan fingerprint density at radius 3 is 2.26 bits per heavy atom. The molecule has 2 aromatic heterocycles. The van der Waals surface area contributed by atoms with Crippen LogP contribution >= 0.6 is 0 Å². The summed E-state index contributed by atoms with van der Waals surface area (Å²) < 4.78 is 17.8. The highest BCUT2D eigenvalue weighted by Crippen LogP contribution is 2.36.